The molecule has 0 unspecified atom stereocenters. The molecule has 0 aromatic heterocycles. The van der Waals surface area contributed by atoms with Crippen molar-refractivity contribution in [3.63, 3.8) is 0 Å². The largest absolute Gasteiger partial charge is 0.507 e. The zero-order chi connectivity index (χ0) is 19.6. The van der Waals surface area contributed by atoms with Crippen molar-refractivity contribution in [2.45, 2.75) is 12.8 Å². The molecule has 144 valence electrons. The van der Waals surface area contributed by atoms with Crippen molar-refractivity contribution >= 4 is 35.0 Å². The highest BCUT2D eigenvalue weighted by Crippen LogP contribution is 2.27. The van der Waals surface area contributed by atoms with Crippen LogP contribution in [0.25, 0.3) is 0 Å². The standard InChI is InChI=1S/C19H20Cl2N2O4/c20-13-7-8-17(15(21)12-13)27-11-3-6-18(25)22-9-10-23-19(26)14-4-1-2-5-16(14)24/h1-2,4-5,7-8,12,24H,3,6,9-11H2,(H,22,25)(H,23,26). The van der Waals surface area contributed by atoms with Crippen molar-refractivity contribution in [3.05, 3.63) is 58.1 Å². The maximum atomic E-state index is 11.9. The van der Waals surface area contributed by atoms with Gasteiger partial charge in [0.15, 0.2) is 0 Å². The molecule has 0 saturated heterocycles. The van der Waals surface area contributed by atoms with Gasteiger partial charge in [0, 0.05) is 24.5 Å². The van der Waals surface area contributed by atoms with Crippen molar-refractivity contribution < 1.29 is 19.4 Å². The Balaban J connectivity index is 1.58. The minimum Gasteiger partial charge on any atom is -0.507 e. The first-order chi connectivity index (χ1) is 13.0. The van der Waals surface area contributed by atoms with Crippen molar-refractivity contribution in [1.82, 2.24) is 10.6 Å². The van der Waals surface area contributed by atoms with Crippen LogP contribution in [0.15, 0.2) is 42.5 Å². The van der Waals surface area contributed by atoms with Gasteiger partial charge < -0.3 is 20.5 Å². The van der Waals surface area contributed by atoms with E-state index in [1.54, 1.807) is 30.3 Å². The lowest BCUT2D eigenvalue weighted by molar-refractivity contribution is -0.121. The fraction of sp³-hybridized carbons (Fsp3) is 0.263. The van der Waals surface area contributed by atoms with E-state index in [9.17, 15) is 14.7 Å². The van der Waals surface area contributed by atoms with Gasteiger partial charge >= 0.3 is 0 Å². The summed E-state index contributed by atoms with van der Waals surface area (Å²) in [4.78, 5) is 23.7. The number of carbonyl (C=O) groups excluding carboxylic acids is 2. The van der Waals surface area contributed by atoms with Gasteiger partial charge in [-0.2, -0.15) is 0 Å². The number of amides is 2. The molecule has 2 amide bonds. The topological polar surface area (TPSA) is 87.7 Å². The van der Waals surface area contributed by atoms with Gasteiger partial charge in [0.1, 0.15) is 11.5 Å². The lowest BCUT2D eigenvalue weighted by Gasteiger charge is -2.09. The Morgan fingerprint density at radius 3 is 2.52 bits per heavy atom. The van der Waals surface area contributed by atoms with E-state index in [1.807, 2.05) is 0 Å². The third-order valence-corrected chi connectivity index (χ3v) is 4.11. The molecule has 0 aliphatic rings. The van der Waals surface area contributed by atoms with Crippen LogP contribution in [-0.2, 0) is 4.79 Å². The molecule has 0 radical (unpaired) electrons. The summed E-state index contributed by atoms with van der Waals surface area (Å²) in [6.07, 6.45) is 0.813. The summed E-state index contributed by atoms with van der Waals surface area (Å²) in [5.41, 5.74) is 0.196. The molecule has 6 nitrogen and oxygen atoms in total. The van der Waals surface area contributed by atoms with Crippen LogP contribution in [0, 0.1) is 0 Å². The molecule has 0 bridgehead atoms. The first-order valence-corrected chi connectivity index (χ1v) is 9.13. The predicted octanol–water partition coefficient (Wildman–Crippen LogP) is 3.40. The quantitative estimate of drug-likeness (QED) is 0.552. The van der Waals surface area contributed by atoms with Gasteiger partial charge in [-0.15, -0.1) is 0 Å². The average Bonchev–Trinajstić information content (AvgIpc) is 2.64. The van der Waals surface area contributed by atoms with E-state index in [2.05, 4.69) is 10.6 Å². The number of hydrogen-bond acceptors (Lipinski definition) is 4. The van der Waals surface area contributed by atoms with Crippen LogP contribution in [0.3, 0.4) is 0 Å². The van der Waals surface area contributed by atoms with Crippen molar-refractivity contribution in [2.24, 2.45) is 0 Å². The second-order valence-corrected chi connectivity index (χ2v) is 6.49. The molecule has 0 spiro atoms. The fourth-order valence-electron chi connectivity index (χ4n) is 2.23. The molecular formula is C19H20Cl2N2O4. The summed E-state index contributed by atoms with van der Waals surface area (Å²) in [5, 5.41) is 15.9. The van der Waals surface area contributed by atoms with Gasteiger partial charge in [-0.3, -0.25) is 9.59 Å². The number of halogens is 2. The maximum Gasteiger partial charge on any atom is 0.255 e. The summed E-state index contributed by atoms with van der Waals surface area (Å²) < 4.78 is 5.51. The first kappa shape index (κ1) is 20.9. The normalized spacial score (nSPS) is 10.3. The number of hydrogen-bond donors (Lipinski definition) is 3. The molecule has 0 saturated carbocycles. The van der Waals surface area contributed by atoms with E-state index in [-0.39, 0.29) is 23.8 Å². The Morgan fingerprint density at radius 1 is 1.04 bits per heavy atom. The fourth-order valence-corrected chi connectivity index (χ4v) is 2.70. The number of phenols is 1. The van der Waals surface area contributed by atoms with Crippen LogP contribution in [0.4, 0.5) is 0 Å². The highest BCUT2D eigenvalue weighted by atomic mass is 35.5. The minimum absolute atomic E-state index is 0.0835. The lowest BCUT2D eigenvalue weighted by atomic mass is 10.2. The van der Waals surface area contributed by atoms with E-state index in [0.29, 0.717) is 41.8 Å². The first-order valence-electron chi connectivity index (χ1n) is 8.38. The van der Waals surface area contributed by atoms with E-state index >= 15 is 0 Å². The molecule has 0 aliphatic heterocycles. The molecular weight excluding hydrogens is 391 g/mol. The molecule has 2 aromatic carbocycles. The average molecular weight is 411 g/mol. The molecule has 2 aromatic rings. The summed E-state index contributed by atoms with van der Waals surface area (Å²) in [5.74, 6) is -0.0959. The maximum absolute atomic E-state index is 11.9. The zero-order valence-electron chi connectivity index (χ0n) is 14.5. The van der Waals surface area contributed by atoms with Gasteiger partial charge in [-0.25, -0.2) is 0 Å². The summed E-state index contributed by atoms with van der Waals surface area (Å²) in [6.45, 7) is 0.899. The van der Waals surface area contributed by atoms with Gasteiger partial charge in [-0.1, -0.05) is 35.3 Å². The van der Waals surface area contributed by atoms with Crippen molar-refractivity contribution in [2.75, 3.05) is 19.7 Å². The molecule has 2 rings (SSSR count). The van der Waals surface area contributed by atoms with Gasteiger partial charge in [0.2, 0.25) is 5.91 Å². The van der Waals surface area contributed by atoms with Crippen LogP contribution in [0.5, 0.6) is 11.5 Å². The Kier molecular flexibility index (Phi) is 8.23. The second-order valence-electron chi connectivity index (χ2n) is 5.65. The van der Waals surface area contributed by atoms with Crippen molar-refractivity contribution in [3.8, 4) is 11.5 Å². The number of benzene rings is 2. The highest BCUT2D eigenvalue weighted by molar-refractivity contribution is 6.35. The number of ether oxygens (including phenoxy) is 1. The van der Waals surface area contributed by atoms with Crippen LogP contribution < -0.4 is 15.4 Å². The molecule has 0 aliphatic carbocycles. The van der Waals surface area contributed by atoms with Crippen LogP contribution >= 0.6 is 23.2 Å². The number of aromatic hydroxyl groups is 1. The van der Waals surface area contributed by atoms with E-state index in [4.69, 9.17) is 27.9 Å². The van der Waals surface area contributed by atoms with Crippen LogP contribution in [0.1, 0.15) is 23.2 Å². The van der Waals surface area contributed by atoms with Crippen molar-refractivity contribution in [1.29, 1.82) is 0 Å². The zero-order valence-corrected chi connectivity index (χ0v) is 16.0. The lowest BCUT2D eigenvalue weighted by Crippen LogP contribution is -2.34. The van der Waals surface area contributed by atoms with Crippen LogP contribution in [0.2, 0.25) is 10.0 Å². The second kappa shape index (κ2) is 10.6. The Labute approximate surface area is 167 Å². The molecule has 0 fully saturated rings. The smallest absolute Gasteiger partial charge is 0.255 e. The Morgan fingerprint density at radius 2 is 1.78 bits per heavy atom. The molecule has 0 atom stereocenters. The number of rotatable bonds is 9. The van der Waals surface area contributed by atoms with E-state index in [1.165, 1.54) is 12.1 Å². The SMILES string of the molecule is O=C(CCCOc1ccc(Cl)cc1Cl)NCCNC(=O)c1ccccc1O. The minimum atomic E-state index is -0.393. The Bertz CT molecular complexity index is 799. The number of carbonyl (C=O) groups is 2. The third-order valence-electron chi connectivity index (χ3n) is 3.58. The summed E-state index contributed by atoms with van der Waals surface area (Å²) in [7, 11) is 0. The monoisotopic (exact) mass is 410 g/mol. The third kappa shape index (κ3) is 7.00. The highest BCUT2D eigenvalue weighted by Gasteiger charge is 2.09. The number of nitrogens with one attached hydrogen (secondary N) is 2. The summed E-state index contributed by atoms with van der Waals surface area (Å²) in [6, 6.07) is 11.2. The number of para-hydroxylation sites is 1. The predicted molar refractivity (Wildman–Crippen MR) is 105 cm³/mol. The molecule has 27 heavy (non-hydrogen) atoms. The van der Waals surface area contributed by atoms with Gasteiger partial charge in [-0.05, 0) is 36.8 Å². The molecule has 0 heterocycles. The van der Waals surface area contributed by atoms with Gasteiger partial charge in [0.25, 0.3) is 5.91 Å². The van der Waals surface area contributed by atoms with Crippen LogP contribution in [-0.4, -0.2) is 36.6 Å². The van der Waals surface area contributed by atoms with E-state index in [0.717, 1.165) is 0 Å². The molecule has 8 heteroatoms. The Hall–Kier alpha value is -2.44. The number of phenolic OH excluding ortho intramolecular Hbond substituents is 1. The van der Waals surface area contributed by atoms with Gasteiger partial charge in [0.05, 0.1) is 17.2 Å². The van der Waals surface area contributed by atoms with E-state index < -0.39 is 5.91 Å². The summed E-state index contributed by atoms with van der Waals surface area (Å²) >= 11 is 11.8. The molecule has 3 N–H and O–H groups in total.